The van der Waals surface area contributed by atoms with Gasteiger partial charge in [0.2, 0.25) is 11.8 Å². The molecular weight excluding hydrogens is 263 g/mol. The van der Waals surface area contributed by atoms with E-state index in [1.807, 2.05) is 0 Å². The normalized spacial score (nSPS) is 11.9. The van der Waals surface area contributed by atoms with E-state index in [4.69, 9.17) is 28.9 Å². The lowest BCUT2D eigenvalue weighted by molar-refractivity contribution is -0.126. The fourth-order valence-corrected chi connectivity index (χ4v) is 1.59. The van der Waals surface area contributed by atoms with Crippen LogP contribution in [0.2, 0.25) is 10.0 Å². The van der Waals surface area contributed by atoms with Crippen LogP contribution in [-0.4, -0.2) is 17.9 Å². The Kier molecular flexibility index (Phi) is 4.78. The third-order valence-electron chi connectivity index (χ3n) is 2.16. The number of carbonyl (C=O) groups is 2. The first-order valence-electron chi connectivity index (χ1n) is 4.92. The van der Waals surface area contributed by atoms with Gasteiger partial charge in [-0.1, -0.05) is 23.2 Å². The summed E-state index contributed by atoms with van der Waals surface area (Å²) in [5.41, 5.74) is 5.64. The van der Waals surface area contributed by atoms with E-state index in [-0.39, 0.29) is 12.3 Å². The highest BCUT2D eigenvalue weighted by molar-refractivity contribution is 6.33. The zero-order valence-electron chi connectivity index (χ0n) is 9.17. The van der Waals surface area contributed by atoms with Crippen LogP contribution >= 0.6 is 23.2 Å². The molecule has 0 spiro atoms. The second-order valence-electron chi connectivity index (χ2n) is 3.60. The summed E-state index contributed by atoms with van der Waals surface area (Å²) in [6, 6.07) is 4.15. The third-order valence-corrected chi connectivity index (χ3v) is 2.77. The van der Waals surface area contributed by atoms with Gasteiger partial charge in [-0.05, 0) is 30.7 Å². The Balaban J connectivity index is 2.68. The second kappa shape index (κ2) is 5.89. The van der Waals surface area contributed by atoms with E-state index in [0.29, 0.717) is 15.6 Å². The van der Waals surface area contributed by atoms with Gasteiger partial charge in [0, 0.05) is 10.0 Å². The molecule has 0 heterocycles. The number of halogens is 2. The van der Waals surface area contributed by atoms with Crippen molar-refractivity contribution >= 4 is 35.0 Å². The lowest BCUT2D eigenvalue weighted by atomic mass is 10.1. The standard InChI is InChI=1S/C11H12Cl2N2O2/c1-6(11(14)17)15-10(16)5-7-4-8(12)2-3-9(7)13/h2-4,6H,5H2,1H3,(H2,14,17)(H,15,16)/t6-/m0/s1. The van der Waals surface area contributed by atoms with Gasteiger partial charge in [0.05, 0.1) is 6.42 Å². The maximum Gasteiger partial charge on any atom is 0.239 e. The first kappa shape index (κ1) is 13.8. The molecule has 0 bridgehead atoms. The Hall–Kier alpha value is -1.26. The molecule has 1 aromatic rings. The summed E-state index contributed by atoms with van der Waals surface area (Å²) in [5, 5.41) is 3.41. The summed E-state index contributed by atoms with van der Waals surface area (Å²) in [5.74, 6) is -0.920. The number of carbonyl (C=O) groups excluding carboxylic acids is 2. The van der Waals surface area contributed by atoms with Crippen molar-refractivity contribution in [1.29, 1.82) is 0 Å². The molecule has 2 amide bonds. The van der Waals surface area contributed by atoms with E-state index in [0.717, 1.165) is 0 Å². The smallest absolute Gasteiger partial charge is 0.239 e. The van der Waals surface area contributed by atoms with Crippen LogP contribution in [0.25, 0.3) is 0 Å². The van der Waals surface area contributed by atoms with Crippen molar-refractivity contribution in [2.75, 3.05) is 0 Å². The lowest BCUT2D eigenvalue weighted by Gasteiger charge is -2.10. The van der Waals surface area contributed by atoms with E-state index in [2.05, 4.69) is 5.32 Å². The number of primary amides is 1. The maximum absolute atomic E-state index is 11.6. The highest BCUT2D eigenvalue weighted by Crippen LogP contribution is 2.20. The minimum Gasteiger partial charge on any atom is -0.368 e. The van der Waals surface area contributed by atoms with Crippen molar-refractivity contribution in [3.63, 3.8) is 0 Å². The van der Waals surface area contributed by atoms with Crippen LogP contribution in [-0.2, 0) is 16.0 Å². The Morgan fingerprint density at radius 3 is 2.65 bits per heavy atom. The van der Waals surface area contributed by atoms with Crippen molar-refractivity contribution in [2.24, 2.45) is 5.73 Å². The number of benzene rings is 1. The molecule has 4 nitrogen and oxygen atoms in total. The van der Waals surface area contributed by atoms with Gasteiger partial charge in [0.25, 0.3) is 0 Å². The third kappa shape index (κ3) is 4.24. The molecule has 0 radical (unpaired) electrons. The molecule has 0 unspecified atom stereocenters. The Morgan fingerprint density at radius 2 is 2.06 bits per heavy atom. The van der Waals surface area contributed by atoms with Gasteiger partial charge >= 0.3 is 0 Å². The second-order valence-corrected chi connectivity index (χ2v) is 4.45. The van der Waals surface area contributed by atoms with Gasteiger partial charge in [-0.3, -0.25) is 9.59 Å². The van der Waals surface area contributed by atoms with Crippen LogP contribution in [0.15, 0.2) is 18.2 Å². The molecular formula is C11H12Cl2N2O2. The van der Waals surface area contributed by atoms with Crippen LogP contribution in [0.3, 0.4) is 0 Å². The molecule has 1 aromatic carbocycles. The molecule has 92 valence electrons. The number of amides is 2. The van der Waals surface area contributed by atoms with Gasteiger partial charge in [-0.25, -0.2) is 0 Å². The number of hydrogen-bond donors (Lipinski definition) is 2. The number of rotatable bonds is 4. The summed E-state index contributed by atoms with van der Waals surface area (Å²) >= 11 is 11.7. The lowest BCUT2D eigenvalue weighted by Crippen LogP contribution is -2.42. The van der Waals surface area contributed by atoms with Gasteiger partial charge in [-0.15, -0.1) is 0 Å². The average Bonchev–Trinajstić information content (AvgIpc) is 2.23. The molecule has 0 aromatic heterocycles. The number of nitrogens with two attached hydrogens (primary N) is 1. The van der Waals surface area contributed by atoms with Gasteiger partial charge in [0.15, 0.2) is 0 Å². The molecule has 0 aliphatic heterocycles. The van der Waals surface area contributed by atoms with Crippen molar-refractivity contribution < 1.29 is 9.59 Å². The number of hydrogen-bond acceptors (Lipinski definition) is 2. The summed E-state index contributed by atoms with van der Waals surface area (Å²) in [7, 11) is 0. The SMILES string of the molecule is C[C@H](NC(=O)Cc1cc(Cl)ccc1Cl)C(N)=O. The highest BCUT2D eigenvalue weighted by atomic mass is 35.5. The summed E-state index contributed by atoms with van der Waals surface area (Å²) in [6.07, 6.45) is 0.0526. The minimum atomic E-state index is -0.708. The van der Waals surface area contributed by atoms with Crippen LogP contribution in [0.4, 0.5) is 0 Å². The van der Waals surface area contributed by atoms with Crippen LogP contribution in [0.1, 0.15) is 12.5 Å². The fraction of sp³-hybridized carbons (Fsp3) is 0.273. The highest BCUT2D eigenvalue weighted by Gasteiger charge is 2.13. The Labute approximate surface area is 109 Å². The first-order chi connectivity index (χ1) is 7.90. The van der Waals surface area contributed by atoms with Crippen LogP contribution in [0.5, 0.6) is 0 Å². The van der Waals surface area contributed by atoms with Crippen LogP contribution in [0, 0.1) is 0 Å². The zero-order chi connectivity index (χ0) is 13.0. The topological polar surface area (TPSA) is 72.2 Å². The quantitative estimate of drug-likeness (QED) is 0.874. The van der Waals surface area contributed by atoms with Gasteiger partial charge in [0.1, 0.15) is 6.04 Å². The van der Waals surface area contributed by atoms with Crippen molar-refractivity contribution in [3.8, 4) is 0 Å². The van der Waals surface area contributed by atoms with Crippen molar-refractivity contribution in [2.45, 2.75) is 19.4 Å². The van der Waals surface area contributed by atoms with Gasteiger partial charge < -0.3 is 11.1 Å². The molecule has 0 aliphatic carbocycles. The zero-order valence-corrected chi connectivity index (χ0v) is 10.7. The molecule has 6 heteroatoms. The molecule has 1 atom stereocenters. The van der Waals surface area contributed by atoms with Gasteiger partial charge in [-0.2, -0.15) is 0 Å². The molecule has 0 saturated heterocycles. The van der Waals surface area contributed by atoms with Crippen LogP contribution < -0.4 is 11.1 Å². The molecule has 0 aliphatic rings. The van der Waals surface area contributed by atoms with E-state index in [9.17, 15) is 9.59 Å². The first-order valence-corrected chi connectivity index (χ1v) is 5.68. The predicted molar refractivity (Wildman–Crippen MR) is 67.0 cm³/mol. The number of nitrogens with one attached hydrogen (secondary N) is 1. The van der Waals surface area contributed by atoms with E-state index in [1.54, 1.807) is 18.2 Å². The molecule has 17 heavy (non-hydrogen) atoms. The molecule has 0 fully saturated rings. The summed E-state index contributed by atoms with van der Waals surface area (Å²) in [6.45, 7) is 1.51. The van der Waals surface area contributed by atoms with E-state index in [1.165, 1.54) is 6.92 Å². The maximum atomic E-state index is 11.6. The van der Waals surface area contributed by atoms with Crippen molar-refractivity contribution in [1.82, 2.24) is 5.32 Å². The van der Waals surface area contributed by atoms with E-state index < -0.39 is 11.9 Å². The Morgan fingerprint density at radius 1 is 1.41 bits per heavy atom. The molecule has 1 rings (SSSR count). The molecule has 3 N–H and O–H groups in total. The monoisotopic (exact) mass is 274 g/mol. The minimum absolute atomic E-state index is 0.0526. The largest absolute Gasteiger partial charge is 0.368 e. The predicted octanol–water partition coefficient (Wildman–Crippen LogP) is 1.53. The fourth-order valence-electron chi connectivity index (χ4n) is 1.22. The molecule has 0 saturated carbocycles. The van der Waals surface area contributed by atoms with Crippen molar-refractivity contribution in [3.05, 3.63) is 33.8 Å². The summed E-state index contributed by atoms with van der Waals surface area (Å²) in [4.78, 5) is 22.3. The van der Waals surface area contributed by atoms with E-state index >= 15 is 0 Å². The average molecular weight is 275 g/mol. The Bertz CT molecular complexity index is 449. The summed E-state index contributed by atoms with van der Waals surface area (Å²) < 4.78 is 0.